The van der Waals surface area contributed by atoms with Gasteiger partial charge in [0.2, 0.25) is 0 Å². The molecule has 1 N–H and O–H groups in total. The van der Waals surface area contributed by atoms with Crippen LogP contribution in [0, 0.1) is 11.7 Å². The molecule has 3 heteroatoms. The quantitative estimate of drug-likeness (QED) is 0.895. The first-order valence-electron chi connectivity index (χ1n) is 5.77. The van der Waals surface area contributed by atoms with E-state index in [-0.39, 0.29) is 5.82 Å². The van der Waals surface area contributed by atoms with Gasteiger partial charge in [-0.2, -0.15) is 0 Å². The summed E-state index contributed by atoms with van der Waals surface area (Å²) < 4.78 is 14.2. The molecule has 0 bridgehead atoms. The zero-order chi connectivity index (χ0) is 11.5. The van der Waals surface area contributed by atoms with E-state index in [1.807, 2.05) is 6.07 Å². The van der Waals surface area contributed by atoms with Gasteiger partial charge in [0.25, 0.3) is 0 Å². The van der Waals surface area contributed by atoms with Crippen LogP contribution in [0.2, 0.25) is 0 Å². The van der Waals surface area contributed by atoms with Crippen molar-refractivity contribution >= 4 is 15.9 Å². The van der Waals surface area contributed by atoms with E-state index in [1.165, 1.54) is 25.3 Å². The fraction of sp³-hybridized carbons (Fsp3) is 0.538. The van der Waals surface area contributed by atoms with Gasteiger partial charge in [0.15, 0.2) is 0 Å². The molecule has 1 atom stereocenters. The van der Waals surface area contributed by atoms with Crippen molar-refractivity contribution in [2.75, 3.05) is 0 Å². The van der Waals surface area contributed by atoms with E-state index in [0.717, 1.165) is 10.9 Å². The van der Waals surface area contributed by atoms with Crippen LogP contribution in [-0.4, -0.2) is 11.2 Å². The maximum atomic E-state index is 13.5. The molecule has 1 fully saturated rings. The van der Waals surface area contributed by atoms with E-state index in [2.05, 4.69) is 15.9 Å². The van der Waals surface area contributed by atoms with Crippen LogP contribution in [0.3, 0.4) is 0 Å². The van der Waals surface area contributed by atoms with Crippen LogP contribution in [0.1, 0.15) is 31.2 Å². The highest BCUT2D eigenvalue weighted by atomic mass is 79.9. The predicted molar refractivity (Wildman–Crippen MR) is 65.8 cm³/mol. The van der Waals surface area contributed by atoms with E-state index in [1.54, 1.807) is 6.07 Å². The predicted octanol–water partition coefficient (Wildman–Crippen LogP) is 3.68. The van der Waals surface area contributed by atoms with Crippen LogP contribution in [0.4, 0.5) is 4.39 Å². The number of rotatable bonds is 4. The monoisotopic (exact) mass is 286 g/mol. The van der Waals surface area contributed by atoms with Crippen molar-refractivity contribution in [1.29, 1.82) is 0 Å². The Kier molecular flexibility index (Phi) is 3.98. The number of benzene rings is 1. The number of hydrogen-bond acceptors (Lipinski definition) is 1. The first-order chi connectivity index (χ1) is 7.65. The van der Waals surface area contributed by atoms with E-state index in [9.17, 15) is 9.50 Å². The van der Waals surface area contributed by atoms with Crippen LogP contribution in [0.5, 0.6) is 0 Å². The smallest absolute Gasteiger partial charge is 0.127 e. The van der Waals surface area contributed by atoms with Gasteiger partial charge in [-0.3, -0.25) is 0 Å². The van der Waals surface area contributed by atoms with Gasteiger partial charge in [0.1, 0.15) is 5.82 Å². The molecule has 1 nitrogen and oxygen atoms in total. The SMILES string of the molecule is OC(Cc1ccc(Br)cc1F)CC1CCC1. The van der Waals surface area contributed by atoms with E-state index in [4.69, 9.17) is 0 Å². The molecular weight excluding hydrogens is 271 g/mol. The molecule has 1 unspecified atom stereocenters. The molecule has 0 aliphatic heterocycles. The molecular formula is C13H16BrFO. The first kappa shape index (κ1) is 12.1. The zero-order valence-corrected chi connectivity index (χ0v) is 10.7. The summed E-state index contributed by atoms with van der Waals surface area (Å²) in [5, 5.41) is 9.85. The standard InChI is InChI=1S/C13H16BrFO/c14-11-5-4-10(13(15)8-11)7-12(16)6-9-2-1-3-9/h4-5,8-9,12,16H,1-3,6-7H2. The molecule has 16 heavy (non-hydrogen) atoms. The minimum Gasteiger partial charge on any atom is -0.393 e. The fourth-order valence-corrected chi connectivity index (χ4v) is 2.47. The summed E-state index contributed by atoms with van der Waals surface area (Å²) in [4.78, 5) is 0. The van der Waals surface area contributed by atoms with Crippen molar-refractivity contribution in [3.8, 4) is 0 Å². The molecule has 0 heterocycles. The van der Waals surface area contributed by atoms with Gasteiger partial charge < -0.3 is 5.11 Å². The van der Waals surface area contributed by atoms with E-state index in [0.29, 0.717) is 17.9 Å². The molecule has 0 saturated heterocycles. The van der Waals surface area contributed by atoms with Gasteiger partial charge >= 0.3 is 0 Å². The molecule has 2 rings (SSSR count). The van der Waals surface area contributed by atoms with Crippen LogP contribution in [0.25, 0.3) is 0 Å². The molecule has 1 aromatic rings. The molecule has 1 aromatic carbocycles. The van der Waals surface area contributed by atoms with Crippen molar-refractivity contribution in [3.05, 3.63) is 34.1 Å². The van der Waals surface area contributed by atoms with Crippen LogP contribution < -0.4 is 0 Å². The van der Waals surface area contributed by atoms with Crippen LogP contribution >= 0.6 is 15.9 Å². The fourth-order valence-electron chi connectivity index (χ4n) is 2.14. The Labute approximate surface area is 104 Å². The number of halogens is 2. The highest BCUT2D eigenvalue weighted by molar-refractivity contribution is 9.10. The molecule has 88 valence electrons. The van der Waals surface area contributed by atoms with Crippen molar-refractivity contribution in [1.82, 2.24) is 0 Å². The van der Waals surface area contributed by atoms with E-state index < -0.39 is 6.10 Å². The Balaban J connectivity index is 1.91. The average Bonchev–Trinajstić information content (AvgIpc) is 2.16. The summed E-state index contributed by atoms with van der Waals surface area (Å²) in [6, 6.07) is 5.00. The Morgan fingerprint density at radius 3 is 2.75 bits per heavy atom. The minimum atomic E-state index is -0.402. The largest absolute Gasteiger partial charge is 0.393 e. The van der Waals surface area contributed by atoms with Gasteiger partial charge in [-0.15, -0.1) is 0 Å². The van der Waals surface area contributed by atoms with Gasteiger partial charge in [-0.25, -0.2) is 4.39 Å². The maximum absolute atomic E-state index is 13.5. The topological polar surface area (TPSA) is 20.2 Å². The highest BCUT2D eigenvalue weighted by Crippen LogP contribution is 2.31. The highest BCUT2D eigenvalue weighted by Gasteiger charge is 2.21. The van der Waals surface area contributed by atoms with Crippen molar-refractivity contribution in [2.45, 2.75) is 38.2 Å². The molecule has 1 saturated carbocycles. The third-order valence-corrected chi connectivity index (χ3v) is 3.79. The van der Waals surface area contributed by atoms with Gasteiger partial charge in [-0.05, 0) is 30.0 Å². The van der Waals surface area contributed by atoms with Crippen LogP contribution in [-0.2, 0) is 6.42 Å². The second kappa shape index (κ2) is 5.28. The third kappa shape index (κ3) is 3.05. The lowest BCUT2D eigenvalue weighted by Crippen LogP contribution is -2.21. The summed E-state index contributed by atoms with van der Waals surface area (Å²) in [6.07, 6.45) is 4.57. The van der Waals surface area contributed by atoms with Gasteiger partial charge in [0, 0.05) is 10.9 Å². The van der Waals surface area contributed by atoms with E-state index >= 15 is 0 Å². The molecule has 0 spiro atoms. The molecule has 1 aliphatic rings. The number of aliphatic hydroxyl groups is 1. The second-order valence-corrected chi connectivity index (χ2v) is 5.54. The summed E-state index contributed by atoms with van der Waals surface area (Å²) in [6.45, 7) is 0. The Bertz CT molecular complexity index is 363. The molecule has 1 aliphatic carbocycles. The molecule has 0 radical (unpaired) electrons. The molecule has 0 aromatic heterocycles. The second-order valence-electron chi connectivity index (χ2n) is 4.63. The normalized spacial score (nSPS) is 18.2. The zero-order valence-electron chi connectivity index (χ0n) is 9.13. The van der Waals surface area contributed by atoms with Crippen molar-refractivity contribution in [3.63, 3.8) is 0 Å². The van der Waals surface area contributed by atoms with Gasteiger partial charge in [0.05, 0.1) is 6.10 Å². The lowest BCUT2D eigenvalue weighted by molar-refractivity contribution is 0.117. The Hall–Kier alpha value is -0.410. The van der Waals surface area contributed by atoms with Crippen LogP contribution in [0.15, 0.2) is 22.7 Å². The summed E-state index contributed by atoms with van der Waals surface area (Å²) in [7, 11) is 0. The summed E-state index contributed by atoms with van der Waals surface area (Å²) in [5.74, 6) is 0.426. The summed E-state index contributed by atoms with van der Waals surface area (Å²) in [5.41, 5.74) is 0.607. The Morgan fingerprint density at radius 2 is 2.19 bits per heavy atom. The number of hydrogen-bond donors (Lipinski definition) is 1. The number of aliphatic hydroxyl groups excluding tert-OH is 1. The van der Waals surface area contributed by atoms with Gasteiger partial charge in [-0.1, -0.05) is 41.3 Å². The van der Waals surface area contributed by atoms with Crippen molar-refractivity contribution < 1.29 is 9.50 Å². The third-order valence-electron chi connectivity index (χ3n) is 3.30. The average molecular weight is 287 g/mol. The minimum absolute atomic E-state index is 0.234. The first-order valence-corrected chi connectivity index (χ1v) is 6.56. The molecule has 0 amide bonds. The lowest BCUT2D eigenvalue weighted by atomic mass is 9.80. The Morgan fingerprint density at radius 1 is 1.44 bits per heavy atom. The summed E-state index contributed by atoms with van der Waals surface area (Å²) >= 11 is 3.22. The maximum Gasteiger partial charge on any atom is 0.127 e. The van der Waals surface area contributed by atoms with Crippen molar-refractivity contribution in [2.24, 2.45) is 5.92 Å². The lowest BCUT2D eigenvalue weighted by Gasteiger charge is -2.27.